The van der Waals surface area contributed by atoms with Crippen molar-refractivity contribution >= 4 is 27.5 Å². The third-order valence-corrected chi connectivity index (χ3v) is 8.02. The van der Waals surface area contributed by atoms with Crippen molar-refractivity contribution in [3.63, 3.8) is 0 Å². The van der Waals surface area contributed by atoms with Gasteiger partial charge in [0.15, 0.2) is 0 Å². The first kappa shape index (κ1) is 29.3. The monoisotopic (exact) mass is 545 g/mol. The summed E-state index contributed by atoms with van der Waals surface area (Å²) in [6.45, 7) is 3.50. The molecule has 3 rings (SSSR count). The second-order valence-corrected chi connectivity index (χ2v) is 11.6. The average molecular weight is 546 g/mol. The summed E-state index contributed by atoms with van der Waals surface area (Å²) in [5.74, 6) is -0.0139. The zero-order valence-corrected chi connectivity index (χ0v) is 23.7. The molecule has 0 aromatic heterocycles. The minimum absolute atomic E-state index is 0.0986. The highest BCUT2D eigenvalue weighted by molar-refractivity contribution is 7.92. The van der Waals surface area contributed by atoms with Crippen LogP contribution in [0.5, 0.6) is 11.5 Å². The molecule has 1 atom stereocenters. The Kier molecular flexibility index (Phi) is 10.0. The predicted octanol–water partition coefficient (Wildman–Crippen LogP) is 3.64. The van der Waals surface area contributed by atoms with E-state index in [0.717, 1.165) is 47.4 Å². The third-order valence-electron chi connectivity index (χ3n) is 6.89. The highest BCUT2D eigenvalue weighted by Crippen LogP contribution is 2.34. The quantitative estimate of drug-likeness (QED) is 0.437. The van der Waals surface area contributed by atoms with Gasteiger partial charge in [-0.2, -0.15) is 0 Å². The van der Waals surface area contributed by atoms with Gasteiger partial charge in [-0.05, 0) is 43.9 Å². The van der Waals surface area contributed by atoms with Crippen LogP contribution in [0.4, 0.5) is 5.69 Å². The second kappa shape index (κ2) is 13.0. The van der Waals surface area contributed by atoms with E-state index in [1.54, 1.807) is 12.1 Å². The van der Waals surface area contributed by atoms with E-state index in [2.05, 4.69) is 5.32 Å². The predicted molar refractivity (Wildman–Crippen MR) is 148 cm³/mol. The number of amides is 2. The number of carbonyl (C=O) groups excluding carboxylic acids is 2. The van der Waals surface area contributed by atoms with Crippen LogP contribution in [0.2, 0.25) is 0 Å². The van der Waals surface area contributed by atoms with Crippen LogP contribution in [-0.4, -0.2) is 64.2 Å². The summed E-state index contributed by atoms with van der Waals surface area (Å²) in [6.07, 6.45) is 5.40. The molecule has 2 aromatic rings. The molecule has 0 bridgehead atoms. The minimum atomic E-state index is -3.90. The van der Waals surface area contributed by atoms with Gasteiger partial charge >= 0.3 is 0 Å². The first-order valence-electron chi connectivity index (χ1n) is 12.9. The topological polar surface area (TPSA) is 105 Å². The Morgan fingerprint density at radius 2 is 1.71 bits per heavy atom. The van der Waals surface area contributed by atoms with E-state index in [1.165, 1.54) is 25.2 Å². The molecule has 2 aromatic carbocycles. The number of carbonyl (C=O) groups is 2. The van der Waals surface area contributed by atoms with E-state index >= 15 is 0 Å². The molecule has 1 aliphatic rings. The molecule has 1 unspecified atom stereocenters. The van der Waals surface area contributed by atoms with Crippen LogP contribution < -0.4 is 19.1 Å². The fraction of sp³-hybridized carbons (Fsp3) is 0.500. The van der Waals surface area contributed by atoms with Crippen LogP contribution in [-0.2, 0) is 26.2 Å². The second-order valence-electron chi connectivity index (χ2n) is 9.73. The Hall–Kier alpha value is -3.27. The number of ether oxygens (including phenoxy) is 2. The van der Waals surface area contributed by atoms with Gasteiger partial charge in [-0.15, -0.1) is 0 Å². The summed E-state index contributed by atoms with van der Waals surface area (Å²) in [7, 11) is -1.00. The van der Waals surface area contributed by atoms with Crippen LogP contribution in [0.25, 0.3) is 0 Å². The van der Waals surface area contributed by atoms with E-state index in [4.69, 9.17) is 9.47 Å². The fourth-order valence-corrected chi connectivity index (χ4v) is 5.61. The van der Waals surface area contributed by atoms with E-state index in [1.807, 2.05) is 38.1 Å². The van der Waals surface area contributed by atoms with Crippen molar-refractivity contribution in [3.8, 4) is 11.5 Å². The first-order valence-corrected chi connectivity index (χ1v) is 14.8. The normalized spacial score (nSPS) is 14.6. The van der Waals surface area contributed by atoms with Crippen LogP contribution in [0, 0.1) is 6.92 Å². The number of hydrogen-bond donors (Lipinski definition) is 1. The van der Waals surface area contributed by atoms with Crippen LogP contribution in [0.15, 0.2) is 42.5 Å². The molecule has 0 aliphatic heterocycles. The molecule has 0 heterocycles. The van der Waals surface area contributed by atoms with Crippen molar-refractivity contribution in [2.45, 2.75) is 64.6 Å². The highest BCUT2D eigenvalue weighted by atomic mass is 32.2. The molecule has 10 heteroatoms. The van der Waals surface area contributed by atoms with Gasteiger partial charge in [-0.25, -0.2) is 8.42 Å². The molecular weight excluding hydrogens is 506 g/mol. The molecule has 0 spiro atoms. The molecule has 1 saturated carbocycles. The van der Waals surface area contributed by atoms with E-state index in [0.29, 0.717) is 12.2 Å². The third kappa shape index (κ3) is 7.40. The standard InChI is InChI=1S/C28H39N3O6S/c1-6-24(28(33)29-22-9-7-8-10-22)30(18-21-13-11-20(2)12-14-21)27(32)19-31(38(5,34)35)25-17-23(36-3)15-16-26(25)37-4/h11-17,22,24H,6-10,18-19H2,1-5H3,(H,29,33). The summed E-state index contributed by atoms with van der Waals surface area (Å²) >= 11 is 0. The van der Waals surface area contributed by atoms with Crippen molar-refractivity contribution < 1.29 is 27.5 Å². The summed E-state index contributed by atoms with van der Waals surface area (Å²) in [6, 6.07) is 11.8. The number of benzene rings is 2. The lowest BCUT2D eigenvalue weighted by molar-refractivity contribution is -0.140. The first-order chi connectivity index (χ1) is 18.1. The molecule has 1 N–H and O–H groups in total. The largest absolute Gasteiger partial charge is 0.497 e. The van der Waals surface area contributed by atoms with Crippen molar-refractivity contribution in [3.05, 3.63) is 53.6 Å². The maximum Gasteiger partial charge on any atom is 0.244 e. The number of sulfonamides is 1. The molecular formula is C28H39N3O6S. The minimum Gasteiger partial charge on any atom is -0.497 e. The van der Waals surface area contributed by atoms with Gasteiger partial charge < -0.3 is 19.7 Å². The zero-order chi connectivity index (χ0) is 27.9. The van der Waals surface area contributed by atoms with E-state index in [-0.39, 0.29) is 29.9 Å². The molecule has 38 heavy (non-hydrogen) atoms. The number of nitrogens with zero attached hydrogens (tertiary/aromatic N) is 2. The molecule has 0 saturated heterocycles. The number of rotatable bonds is 12. The summed E-state index contributed by atoms with van der Waals surface area (Å²) in [4.78, 5) is 28.8. The number of nitrogens with one attached hydrogen (secondary N) is 1. The SMILES string of the molecule is CCC(C(=O)NC1CCCC1)N(Cc1ccc(C)cc1)C(=O)CN(c1cc(OC)ccc1OC)S(C)(=O)=O. The van der Waals surface area contributed by atoms with E-state index < -0.39 is 28.5 Å². The average Bonchev–Trinajstić information content (AvgIpc) is 3.40. The molecule has 1 aliphatic carbocycles. The Labute approximate surface area is 226 Å². The van der Waals surface area contributed by atoms with Crippen LogP contribution in [0.1, 0.15) is 50.2 Å². The van der Waals surface area contributed by atoms with Crippen LogP contribution >= 0.6 is 0 Å². The molecule has 2 amide bonds. The van der Waals surface area contributed by atoms with E-state index in [9.17, 15) is 18.0 Å². The van der Waals surface area contributed by atoms with Gasteiger partial charge in [0.25, 0.3) is 0 Å². The number of anilines is 1. The summed E-state index contributed by atoms with van der Waals surface area (Å²) in [5, 5.41) is 3.11. The lowest BCUT2D eigenvalue weighted by atomic mass is 10.1. The van der Waals surface area contributed by atoms with Gasteiger partial charge in [-0.1, -0.05) is 49.6 Å². The summed E-state index contributed by atoms with van der Waals surface area (Å²) in [5.41, 5.74) is 2.10. The van der Waals surface area contributed by atoms with Gasteiger partial charge in [0.2, 0.25) is 21.8 Å². The Balaban J connectivity index is 1.97. The summed E-state index contributed by atoms with van der Waals surface area (Å²) < 4.78 is 37.6. The molecule has 1 fully saturated rings. The van der Waals surface area contributed by atoms with Crippen molar-refractivity contribution in [2.75, 3.05) is 31.3 Å². The van der Waals surface area contributed by atoms with Gasteiger partial charge in [0.1, 0.15) is 24.1 Å². The lowest BCUT2D eigenvalue weighted by Crippen LogP contribution is -2.53. The number of hydrogen-bond acceptors (Lipinski definition) is 6. The van der Waals surface area contributed by atoms with Crippen LogP contribution in [0.3, 0.4) is 0 Å². The lowest BCUT2D eigenvalue weighted by Gasteiger charge is -2.33. The maximum atomic E-state index is 13.9. The molecule has 0 radical (unpaired) electrons. The van der Waals surface area contributed by atoms with Crippen molar-refractivity contribution in [1.29, 1.82) is 0 Å². The van der Waals surface area contributed by atoms with Crippen molar-refractivity contribution in [2.24, 2.45) is 0 Å². The fourth-order valence-electron chi connectivity index (χ4n) is 4.76. The molecule has 9 nitrogen and oxygen atoms in total. The van der Waals surface area contributed by atoms with Crippen molar-refractivity contribution in [1.82, 2.24) is 10.2 Å². The Morgan fingerprint density at radius 3 is 2.26 bits per heavy atom. The molecule has 208 valence electrons. The maximum absolute atomic E-state index is 13.9. The Bertz CT molecular complexity index is 1210. The highest BCUT2D eigenvalue weighted by Gasteiger charge is 2.33. The smallest absolute Gasteiger partial charge is 0.244 e. The zero-order valence-electron chi connectivity index (χ0n) is 22.9. The van der Waals surface area contributed by atoms with Gasteiger partial charge in [0.05, 0.1) is 26.2 Å². The van der Waals surface area contributed by atoms with Gasteiger partial charge in [0, 0.05) is 18.7 Å². The Morgan fingerprint density at radius 1 is 1.05 bits per heavy atom. The number of aryl methyl sites for hydroxylation is 1. The van der Waals surface area contributed by atoms with Gasteiger partial charge in [-0.3, -0.25) is 13.9 Å². The number of methoxy groups -OCH3 is 2.